The highest BCUT2D eigenvalue weighted by molar-refractivity contribution is 5.94. The van der Waals surface area contributed by atoms with Crippen molar-refractivity contribution in [2.75, 3.05) is 51.8 Å². The van der Waals surface area contributed by atoms with Crippen molar-refractivity contribution in [3.05, 3.63) is 42.4 Å². The molecule has 0 unspecified atom stereocenters. The molecule has 30 heavy (non-hydrogen) atoms. The summed E-state index contributed by atoms with van der Waals surface area (Å²) in [7, 11) is 3.71. The van der Waals surface area contributed by atoms with Crippen LogP contribution in [0, 0.1) is 0 Å². The molecule has 2 aromatic heterocycles. The van der Waals surface area contributed by atoms with E-state index in [2.05, 4.69) is 19.9 Å². The lowest BCUT2D eigenvalue weighted by Gasteiger charge is -2.28. The molecule has 0 saturated carbocycles. The van der Waals surface area contributed by atoms with E-state index in [0.29, 0.717) is 42.2 Å². The average molecular weight is 407 g/mol. The molecule has 1 saturated heterocycles. The second kappa shape index (κ2) is 8.68. The number of rotatable bonds is 5. The van der Waals surface area contributed by atoms with E-state index in [1.807, 2.05) is 45.3 Å². The zero-order valence-corrected chi connectivity index (χ0v) is 17.4. The predicted octanol–water partition coefficient (Wildman–Crippen LogP) is 1.86. The van der Waals surface area contributed by atoms with Crippen LogP contribution in [0.3, 0.4) is 0 Å². The zero-order valence-electron chi connectivity index (χ0n) is 17.4. The monoisotopic (exact) mass is 407 g/mol. The van der Waals surface area contributed by atoms with Gasteiger partial charge in [-0.2, -0.15) is 0 Å². The number of benzene rings is 1. The van der Waals surface area contributed by atoms with Gasteiger partial charge in [0.05, 0.1) is 25.1 Å². The quantitative estimate of drug-likeness (QED) is 0.593. The Morgan fingerprint density at radius 3 is 2.50 bits per heavy atom. The summed E-state index contributed by atoms with van der Waals surface area (Å²) < 4.78 is 5.44. The van der Waals surface area contributed by atoms with E-state index in [1.165, 1.54) is 6.33 Å². The Morgan fingerprint density at radius 2 is 1.83 bits per heavy atom. The summed E-state index contributed by atoms with van der Waals surface area (Å²) in [4.78, 5) is 32.8. The van der Waals surface area contributed by atoms with E-state index in [4.69, 9.17) is 9.72 Å². The molecule has 1 fully saturated rings. The minimum absolute atomic E-state index is 0.0401. The third-order valence-electron chi connectivity index (χ3n) is 5.08. The summed E-state index contributed by atoms with van der Waals surface area (Å²) in [5, 5.41) is 3.47. The first kappa shape index (κ1) is 20.1. The Balaban J connectivity index is 1.65. The van der Waals surface area contributed by atoms with Gasteiger partial charge in [-0.3, -0.25) is 9.80 Å². The van der Waals surface area contributed by atoms with Crippen molar-refractivity contribution in [2.45, 2.75) is 6.92 Å². The van der Waals surface area contributed by atoms with Crippen LogP contribution in [0.15, 0.2) is 36.8 Å². The molecule has 3 heterocycles. The van der Waals surface area contributed by atoms with Gasteiger partial charge >= 0.3 is 0 Å². The largest absolute Gasteiger partial charge is 0.378 e. The smallest absolute Gasteiger partial charge is 0.268 e. The molecule has 0 spiro atoms. The number of carbonyl (C=O) groups excluding carboxylic acids is 1. The minimum atomic E-state index is -0.0401. The second-order valence-corrected chi connectivity index (χ2v) is 7.17. The van der Waals surface area contributed by atoms with Crippen LogP contribution < -0.4 is 4.90 Å². The van der Waals surface area contributed by atoms with E-state index in [1.54, 1.807) is 16.2 Å². The van der Waals surface area contributed by atoms with Crippen molar-refractivity contribution >= 4 is 22.9 Å². The van der Waals surface area contributed by atoms with E-state index in [0.717, 1.165) is 24.5 Å². The SMILES string of the molecule is CCN(C(=O)c1ccc(-c2cnc3ncnc(N4CCOCC4)c3n2)cc1)N(C)C. The molecule has 0 atom stereocenters. The van der Waals surface area contributed by atoms with Gasteiger partial charge in [0.1, 0.15) is 6.33 Å². The number of amides is 1. The number of morpholine rings is 1. The molecule has 9 nitrogen and oxygen atoms in total. The van der Waals surface area contributed by atoms with Gasteiger partial charge in [-0.15, -0.1) is 0 Å². The van der Waals surface area contributed by atoms with Gasteiger partial charge in [-0.05, 0) is 19.1 Å². The molecule has 3 aromatic rings. The highest BCUT2D eigenvalue weighted by atomic mass is 16.5. The molecule has 1 amide bonds. The predicted molar refractivity (Wildman–Crippen MR) is 114 cm³/mol. The van der Waals surface area contributed by atoms with Crippen molar-refractivity contribution in [2.24, 2.45) is 0 Å². The van der Waals surface area contributed by atoms with Crippen molar-refractivity contribution in [1.82, 2.24) is 30.0 Å². The first-order valence-corrected chi connectivity index (χ1v) is 9.98. The molecule has 0 aliphatic carbocycles. The van der Waals surface area contributed by atoms with Crippen LogP contribution in [0.2, 0.25) is 0 Å². The van der Waals surface area contributed by atoms with Gasteiger partial charge < -0.3 is 9.64 Å². The van der Waals surface area contributed by atoms with E-state index >= 15 is 0 Å². The number of ether oxygens (including phenoxy) is 1. The summed E-state index contributed by atoms with van der Waals surface area (Å²) in [5.41, 5.74) is 3.45. The zero-order chi connectivity index (χ0) is 21.1. The maximum absolute atomic E-state index is 12.7. The molecule has 0 bridgehead atoms. The van der Waals surface area contributed by atoms with Crippen molar-refractivity contribution in [3.63, 3.8) is 0 Å². The normalized spacial score (nSPS) is 14.3. The number of nitrogens with zero attached hydrogens (tertiary/aromatic N) is 7. The molecule has 0 N–H and O–H groups in total. The number of hydrogen-bond donors (Lipinski definition) is 0. The van der Waals surface area contributed by atoms with E-state index in [9.17, 15) is 4.79 Å². The van der Waals surface area contributed by atoms with Crippen molar-refractivity contribution in [3.8, 4) is 11.3 Å². The van der Waals surface area contributed by atoms with Crippen molar-refractivity contribution in [1.29, 1.82) is 0 Å². The van der Waals surface area contributed by atoms with E-state index < -0.39 is 0 Å². The minimum Gasteiger partial charge on any atom is -0.378 e. The van der Waals surface area contributed by atoms with Gasteiger partial charge in [-0.1, -0.05) is 12.1 Å². The Kier molecular flexibility index (Phi) is 5.82. The Labute approximate surface area is 175 Å². The maximum atomic E-state index is 12.7. The Morgan fingerprint density at radius 1 is 1.10 bits per heavy atom. The van der Waals surface area contributed by atoms with Crippen LogP contribution in [0.5, 0.6) is 0 Å². The Hall–Kier alpha value is -3.17. The first-order chi connectivity index (χ1) is 14.6. The summed E-state index contributed by atoms with van der Waals surface area (Å²) in [6.45, 7) is 5.40. The third kappa shape index (κ3) is 3.94. The number of aromatic nitrogens is 4. The second-order valence-electron chi connectivity index (χ2n) is 7.17. The van der Waals surface area contributed by atoms with Crippen LogP contribution in [-0.4, -0.2) is 82.8 Å². The lowest BCUT2D eigenvalue weighted by molar-refractivity contribution is 0.0230. The fraction of sp³-hybridized carbons (Fsp3) is 0.381. The maximum Gasteiger partial charge on any atom is 0.268 e. The van der Waals surface area contributed by atoms with Crippen LogP contribution in [0.1, 0.15) is 17.3 Å². The van der Waals surface area contributed by atoms with Crippen molar-refractivity contribution < 1.29 is 9.53 Å². The molecule has 1 aliphatic rings. The van der Waals surface area contributed by atoms with Crippen LogP contribution in [0.25, 0.3) is 22.4 Å². The van der Waals surface area contributed by atoms with E-state index in [-0.39, 0.29) is 5.91 Å². The molecule has 9 heteroatoms. The van der Waals surface area contributed by atoms with Gasteiger partial charge in [0.25, 0.3) is 5.91 Å². The lowest BCUT2D eigenvalue weighted by atomic mass is 10.1. The lowest BCUT2D eigenvalue weighted by Crippen LogP contribution is -2.41. The summed E-state index contributed by atoms with van der Waals surface area (Å²) in [5.74, 6) is 0.732. The molecular formula is C21H25N7O2. The molecule has 4 rings (SSSR count). The highest BCUT2D eigenvalue weighted by Gasteiger charge is 2.19. The molecule has 1 aliphatic heterocycles. The average Bonchev–Trinajstić information content (AvgIpc) is 2.79. The number of hydrazine groups is 1. The number of anilines is 1. The van der Waals surface area contributed by atoms with Gasteiger partial charge in [0, 0.05) is 44.9 Å². The molecule has 156 valence electrons. The number of hydrogen-bond acceptors (Lipinski definition) is 8. The first-order valence-electron chi connectivity index (χ1n) is 9.98. The van der Waals surface area contributed by atoms with Crippen LogP contribution in [0.4, 0.5) is 5.82 Å². The fourth-order valence-corrected chi connectivity index (χ4v) is 3.51. The molecule has 0 radical (unpaired) electrons. The number of fused-ring (bicyclic) bond motifs is 1. The molecular weight excluding hydrogens is 382 g/mol. The molecule has 1 aromatic carbocycles. The highest BCUT2D eigenvalue weighted by Crippen LogP contribution is 2.25. The summed E-state index contributed by atoms with van der Waals surface area (Å²) >= 11 is 0. The van der Waals surface area contributed by atoms with Crippen LogP contribution >= 0.6 is 0 Å². The topological polar surface area (TPSA) is 87.6 Å². The summed E-state index contributed by atoms with van der Waals surface area (Å²) in [6.07, 6.45) is 3.22. The van der Waals surface area contributed by atoms with Crippen LogP contribution in [-0.2, 0) is 4.74 Å². The fourth-order valence-electron chi connectivity index (χ4n) is 3.51. The number of carbonyl (C=O) groups is 1. The van der Waals surface area contributed by atoms with Gasteiger partial charge in [-0.25, -0.2) is 24.9 Å². The van der Waals surface area contributed by atoms with Gasteiger partial charge in [0.15, 0.2) is 17.0 Å². The summed E-state index contributed by atoms with van der Waals surface area (Å²) in [6, 6.07) is 7.43. The Bertz CT molecular complexity index is 1030. The third-order valence-corrected chi connectivity index (χ3v) is 5.08. The van der Waals surface area contributed by atoms with Gasteiger partial charge in [0.2, 0.25) is 0 Å². The standard InChI is InChI=1S/C21H25N7O2/c1-4-28(26(2)3)21(29)16-7-5-15(6-8-16)17-13-22-19-18(25-17)20(24-14-23-19)27-9-11-30-12-10-27/h5-8,13-14H,4,9-12H2,1-3H3.